The molecule has 2 aromatic rings. The molecule has 0 aliphatic rings. The van der Waals surface area contributed by atoms with Gasteiger partial charge in [0.2, 0.25) is 0 Å². The molecule has 0 saturated carbocycles. The molecule has 0 atom stereocenters. The van der Waals surface area contributed by atoms with Gasteiger partial charge in [0.25, 0.3) is 0 Å². The van der Waals surface area contributed by atoms with E-state index in [1.165, 1.54) is 12.1 Å². The van der Waals surface area contributed by atoms with Gasteiger partial charge in [0.15, 0.2) is 0 Å². The molecule has 98 valence electrons. The van der Waals surface area contributed by atoms with Crippen LogP contribution in [0.15, 0.2) is 46.9 Å². The Balaban J connectivity index is 2.05. The molecule has 0 spiro atoms. The maximum absolute atomic E-state index is 13.3. The quantitative estimate of drug-likeness (QED) is 0.801. The molecule has 0 radical (unpaired) electrons. The van der Waals surface area contributed by atoms with E-state index in [2.05, 4.69) is 26.6 Å². The minimum atomic E-state index is -0.491. The van der Waals surface area contributed by atoms with Crippen LogP contribution in [0.2, 0.25) is 5.02 Å². The fourth-order valence-electron chi connectivity index (χ4n) is 1.42. The summed E-state index contributed by atoms with van der Waals surface area (Å²) < 4.78 is 13.6. The predicted octanol–water partition coefficient (Wildman–Crippen LogP) is 4.89. The molecule has 0 bridgehead atoms. The van der Waals surface area contributed by atoms with Crippen molar-refractivity contribution < 1.29 is 9.18 Å². The molecule has 0 heterocycles. The number of benzene rings is 2. The fourth-order valence-corrected chi connectivity index (χ4v) is 1.85. The number of para-hydroxylation sites is 1. The summed E-state index contributed by atoms with van der Waals surface area (Å²) in [5.74, 6) is -0.449. The number of amides is 2. The van der Waals surface area contributed by atoms with Gasteiger partial charge in [-0.15, -0.1) is 0 Å². The minimum Gasteiger partial charge on any atom is -0.308 e. The molecule has 0 unspecified atom stereocenters. The van der Waals surface area contributed by atoms with Crippen LogP contribution in [0.1, 0.15) is 0 Å². The fraction of sp³-hybridized carbons (Fsp3) is 0. The molecule has 2 amide bonds. The lowest BCUT2D eigenvalue weighted by molar-refractivity contribution is 0.262. The van der Waals surface area contributed by atoms with E-state index in [1.54, 1.807) is 30.3 Å². The third kappa shape index (κ3) is 3.68. The minimum absolute atomic E-state index is 0.338. The number of rotatable bonds is 2. The smallest absolute Gasteiger partial charge is 0.308 e. The third-order valence-electron chi connectivity index (χ3n) is 2.30. The predicted molar refractivity (Wildman–Crippen MR) is 78.2 cm³/mol. The molecule has 0 aliphatic heterocycles. The number of halogens is 3. The lowest BCUT2D eigenvalue weighted by atomic mass is 10.3. The van der Waals surface area contributed by atoms with Crippen molar-refractivity contribution >= 4 is 44.9 Å². The monoisotopic (exact) mass is 342 g/mol. The van der Waals surface area contributed by atoms with E-state index in [0.29, 0.717) is 20.9 Å². The zero-order valence-corrected chi connectivity index (χ0v) is 11.9. The highest BCUT2D eigenvalue weighted by Crippen LogP contribution is 2.22. The highest BCUT2D eigenvalue weighted by atomic mass is 79.9. The van der Waals surface area contributed by atoms with E-state index < -0.39 is 11.8 Å². The molecule has 0 aromatic heterocycles. The first-order valence-corrected chi connectivity index (χ1v) is 6.51. The maximum atomic E-state index is 13.3. The van der Waals surface area contributed by atoms with E-state index >= 15 is 0 Å². The van der Waals surface area contributed by atoms with Crippen LogP contribution in [0.4, 0.5) is 20.6 Å². The molecular weight excluding hydrogens is 335 g/mol. The van der Waals surface area contributed by atoms with Crippen molar-refractivity contribution in [2.75, 3.05) is 10.6 Å². The number of carbonyl (C=O) groups excluding carboxylic acids is 1. The van der Waals surface area contributed by atoms with E-state index in [1.807, 2.05) is 0 Å². The van der Waals surface area contributed by atoms with Gasteiger partial charge in [0, 0.05) is 5.69 Å². The molecular formula is C13H9BrClFN2O. The average molecular weight is 344 g/mol. The van der Waals surface area contributed by atoms with Crippen molar-refractivity contribution in [3.63, 3.8) is 0 Å². The summed E-state index contributed by atoms with van der Waals surface area (Å²) in [5, 5.41) is 5.52. The average Bonchev–Trinajstić information content (AvgIpc) is 2.37. The van der Waals surface area contributed by atoms with Crippen LogP contribution >= 0.6 is 27.5 Å². The molecule has 2 N–H and O–H groups in total. The second-order valence-corrected chi connectivity index (χ2v) is 4.95. The van der Waals surface area contributed by atoms with Gasteiger partial charge in [-0.2, -0.15) is 0 Å². The van der Waals surface area contributed by atoms with Gasteiger partial charge in [-0.25, -0.2) is 9.18 Å². The lowest BCUT2D eigenvalue weighted by Crippen LogP contribution is -2.19. The Bertz CT molecular complexity index is 621. The Labute approximate surface area is 122 Å². The van der Waals surface area contributed by atoms with Crippen molar-refractivity contribution in [1.82, 2.24) is 0 Å². The van der Waals surface area contributed by atoms with Crippen LogP contribution in [0.3, 0.4) is 0 Å². The van der Waals surface area contributed by atoms with Gasteiger partial charge in [0.05, 0.1) is 15.2 Å². The van der Waals surface area contributed by atoms with Crippen LogP contribution in [0, 0.1) is 5.82 Å². The van der Waals surface area contributed by atoms with Gasteiger partial charge < -0.3 is 10.6 Å². The SMILES string of the molecule is O=C(Nc1ccc(Br)c(F)c1)Nc1ccccc1Cl. The summed E-state index contributed by atoms with van der Waals surface area (Å²) in [4.78, 5) is 11.7. The number of anilines is 2. The topological polar surface area (TPSA) is 41.1 Å². The maximum Gasteiger partial charge on any atom is 0.323 e. The largest absolute Gasteiger partial charge is 0.323 e. The summed E-state index contributed by atoms with van der Waals surface area (Å²) >= 11 is 8.95. The Morgan fingerprint density at radius 1 is 1.16 bits per heavy atom. The number of nitrogens with one attached hydrogen (secondary N) is 2. The molecule has 6 heteroatoms. The van der Waals surface area contributed by atoms with Crippen LogP contribution < -0.4 is 10.6 Å². The first kappa shape index (κ1) is 13.8. The molecule has 2 rings (SSSR count). The summed E-state index contributed by atoms with van der Waals surface area (Å²) in [7, 11) is 0. The van der Waals surface area contributed by atoms with Crippen LogP contribution in [-0.2, 0) is 0 Å². The number of hydrogen-bond acceptors (Lipinski definition) is 1. The second kappa shape index (κ2) is 6.04. The Hall–Kier alpha value is -1.59. The molecule has 0 saturated heterocycles. The summed E-state index contributed by atoms with van der Waals surface area (Å²) in [6, 6.07) is 10.7. The normalized spacial score (nSPS) is 10.1. The zero-order valence-electron chi connectivity index (χ0n) is 9.58. The van der Waals surface area contributed by atoms with Crippen molar-refractivity contribution in [1.29, 1.82) is 0 Å². The summed E-state index contributed by atoms with van der Waals surface area (Å²) in [5.41, 5.74) is 0.838. The molecule has 19 heavy (non-hydrogen) atoms. The van der Waals surface area contributed by atoms with E-state index in [0.717, 1.165) is 0 Å². The molecule has 3 nitrogen and oxygen atoms in total. The number of hydrogen-bond donors (Lipinski definition) is 2. The first-order chi connectivity index (χ1) is 9.06. The standard InChI is InChI=1S/C13H9BrClFN2O/c14-9-6-5-8(7-11(9)16)17-13(19)18-12-4-2-1-3-10(12)15/h1-7H,(H2,17,18,19). The number of carbonyl (C=O) groups is 1. The Kier molecular flexibility index (Phi) is 4.39. The second-order valence-electron chi connectivity index (χ2n) is 3.69. The van der Waals surface area contributed by atoms with Crippen molar-refractivity contribution in [3.05, 3.63) is 57.8 Å². The van der Waals surface area contributed by atoms with Crippen LogP contribution in [0.25, 0.3) is 0 Å². The molecule has 2 aromatic carbocycles. The van der Waals surface area contributed by atoms with E-state index in [9.17, 15) is 9.18 Å². The molecule has 0 aliphatic carbocycles. The highest BCUT2D eigenvalue weighted by Gasteiger charge is 2.07. The zero-order chi connectivity index (χ0) is 13.8. The van der Waals surface area contributed by atoms with E-state index in [4.69, 9.17) is 11.6 Å². The van der Waals surface area contributed by atoms with E-state index in [-0.39, 0.29) is 0 Å². The van der Waals surface area contributed by atoms with Gasteiger partial charge in [0.1, 0.15) is 5.82 Å². The van der Waals surface area contributed by atoms with Gasteiger partial charge in [-0.1, -0.05) is 23.7 Å². The highest BCUT2D eigenvalue weighted by molar-refractivity contribution is 9.10. The summed E-state index contributed by atoms with van der Waals surface area (Å²) in [6.45, 7) is 0. The summed E-state index contributed by atoms with van der Waals surface area (Å²) in [6.07, 6.45) is 0. The molecule has 0 fully saturated rings. The van der Waals surface area contributed by atoms with Crippen LogP contribution in [0.5, 0.6) is 0 Å². The van der Waals surface area contributed by atoms with Crippen molar-refractivity contribution in [2.45, 2.75) is 0 Å². The lowest BCUT2D eigenvalue weighted by Gasteiger charge is -2.09. The Morgan fingerprint density at radius 2 is 1.89 bits per heavy atom. The Morgan fingerprint density at radius 3 is 2.58 bits per heavy atom. The van der Waals surface area contributed by atoms with Gasteiger partial charge >= 0.3 is 6.03 Å². The van der Waals surface area contributed by atoms with Crippen LogP contribution in [-0.4, -0.2) is 6.03 Å². The van der Waals surface area contributed by atoms with Gasteiger partial charge in [-0.05, 0) is 46.3 Å². The third-order valence-corrected chi connectivity index (χ3v) is 3.27. The van der Waals surface area contributed by atoms with Gasteiger partial charge in [-0.3, -0.25) is 0 Å². The van der Waals surface area contributed by atoms with Crippen molar-refractivity contribution in [3.8, 4) is 0 Å². The van der Waals surface area contributed by atoms with Crippen molar-refractivity contribution in [2.24, 2.45) is 0 Å². The first-order valence-electron chi connectivity index (χ1n) is 5.34. The number of urea groups is 1.